The molecule has 196 valence electrons. The van der Waals surface area contributed by atoms with Crippen molar-refractivity contribution in [1.82, 2.24) is 10.2 Å². The number of ether oxygens (including phenoxy) is 1. The van der Waals surface area contributed by atoms with Crippen LogP contribution in [0.5, 0.6) is 5.75 Å². The van der Waals surface area contributed by atoms with Crippen molar-refractivity contribution in [1.29, 1.82) is 0 Å². The van der Waals surface area contributed by atoms with Crippen molar-refractivity contribution in [2.75, 3.05) is 25.0 Å². The van der Waals surface area contributed by atoms with Crippen LogP contribution < -0.4 is 14.4 Å². The first-order chi connectivity index (χ1) is 17.7. The number of hydrogen-bond donors (Lipinski definition) is 1. The molecular weight excluding hydrogens is 490 g/mol. The van der Waals surface area contributed by atoms with Crippen LogP contribution in [0.3, 0.4) is 0 Å². The number of anilines is 1. The number of hydrogen-bond acceptors (Lipinski definition) is 5. The molecule has 1 unspecified atom stereocenters. The SMILES string of the molecule is CCC(C(=O)NC)N(Cc1cccc(OC)c1)C(=O)CN(c1ccccc1C)S(=O)(=O)c1ccccc1. The van der Waals surface area contributed by atoms with Gasteiger partial charge in [-0.3, -0.25) is 13.9 Å². The first kappa shape index (κ1) is 27.7. The number of carbonyl (C=O) groups is 2. The molecule has 0 saturated heterocycles. The maximum atomic E-state index is 13.9. The number of sulfonamides is 1. The minimum atomic E-state index is -4.08. The van der Waals surface area contributed by atoms with Gasteiger partial charge in [0.15, 0.2) is 0 Å². The zero-order valence-corrected chi connectivity index (χ0v) is 22.4. The largest absolute Gasteiger partial charge is 0.497 e. The van der Waals surface area contributed by atoms with E-state index in [-0.39, 0.29) is 17.3 Å². The quantitative estimate of drug-likeness (QED) is 0.413. The van der Waals surface area contributed by atoms with Gasteiger partial charge in [-0.1, -0.05) is 55.5 Å². The molecule has 8 nitrogen and oxygen atoms in total. The summed E-state index contributed by atoms with van der Waals surface area (Å²) in [5.41, 5.74) is 1.85. The smallest absolute Gasteiger partial charge is 0.264 e. The molecule has 1 atom stereocenters. The van der Waals surface area contributed by atoms with E-state index in [0.717, 1.165) is 9.87 Å². The maximum Gasteiger partial charge on any atom is 0.264 e. The Labute approximate surface area is 218 Å². The van der Waals surface area contributed by atoms with Crippen LogP contribution in [0.1, 0.15) is 24.5 Å². The van der Waals surface area contributed by atoms with E-state index in [9.17, 15) is 18.0 Å². The first-order valence-corrected chi connectivity index (χ1v) is 13.4. The van der Waals surface area contributed by atoms with Crippen LogP contribution in [-0.2, 0) is 26.2 Å². The molecule has 0 fully saturated rings. The molecule has 3 rings (SSSR count). The number of methoxy groups -OCH3 is 1. The molecule has 37 heavy (non-hydrogen) atoms. The number of likely N-dealkylation sites (N-methyl/N-ethyl adjacent to an activating group) is 1. The van der Waals surface area contributed by atoms with Gasteiger partial charge in [-0.15, -0.1) is 0 Å². The lowest BCUT2D eigenvalue weighted by Crippen LogP contribution is -2.51. The third-order valence-corrected chi connectivity index (χ3v) is 7.89. The van der Waals surface area contributed by atoms with Crippen LogP contribution in [0.15, 0.2) is 83.8 Å². The van der Waals surface area contributed by atoms with Gasteiger partial charge in [0.1, 0.15) is 18.3 Å². The summed E-state index contributed by atoms with van der Waals surface area (Å²) >= 11 is 0. The van der Waals surface area contributed by atoms with Gasteiger partial charge in [0.05, 0.1) is 17.7 Å². The number of nitrogens with one attached hydrogen (secondary N) is 1. The molecule has 3 aromatic carbocycles. The Balaban J connectivity index is 2.06. The van der Waals surface area contributed by atoms with Gasteiger partial charge < -0.3 is 15.0 Å². The molecule has 0 spiro atoms. The van der Waals surface area contributed by atoms with Crippen molar-refractivity contribution >= 4 is 27.5 Å². The van der Waals surface area contributed by atoms with Crippen LogP contribution >= 0.6 is 0 Å². The predicted molar refractivity (Wildman–Crippen MR) is 144 cm³/mol. The molecule has 1 N–H and O–H groups in total. The van der Waals surface area contributed by atoms with Crippen molar-refractivity contribution in [2.24, 2.45) is 0 Å². The van der Waals surface area contributed by atoms with E-state index >= 15 is 0 Å². The molecule has 0 aromatic heterocycles. The fourth-order valence-corrected chi connectivity index (χ4v) is 5.63. The topological polar surface area (TPSA) is 96.0 Å². The van der Waals surface area contributed by atoms with E-state index < -0.39 is 28.5 Å². The zero-order valence-electron chi connectivity index (χ0n) is 21.5. The van der Waals surface area contributed by atoms with Crippen molar-refractivity contribution in [3.8, 4) is 5.75 Å². The normalized spacial score (nSPS) is 11.9. The standard InChI is InChI=1S/C28H33N3O5S/c1-5-25(28(33)29-3)30(19-22-13-11-14-23(18-22)36-4)27(32)20-31(26-17-10-9-12-21(26)2)37(34,35)24-15-7-6-8-16-24/h6-18,25H,5,19-20H2,1-4H3,(H,29,33). The van der Waals surface area contributed by atoms with E-state index in [1.165, 1.54) is 24.1 Å². The number of carbonyl (C=O) groups excluding carboxylic acids is 2. The average Bonchev–Trinajstić information content (AvgIpc) is 2.92. The molecular formula is C28H33N3O5S. The van der Waals surface area contributed by atoms with E-state index in [0.29, 0.717) is 23.4 Å². The number of amides is 2. The van der Waals surface area contributed by atoms with Gasteiger partial charge in [-0.2, -0.15) is 0 Å². The van der Waals surface area contributed by atoms with Gasteiger partial charge in [-0.25, -0.2) is 8.42 Å². The third-order valence-electron chi connectivity index (χ3n) is 6.11. The molecule has 0 bridgehead atoms. The van der Waals surface area contributed by atoms with Crippen LogP contribution in [0, 0.1) is 6.92 Å². The summed E-state index contributed by atoms with van der Waals surface area (Å²) in [7, 11) is -1.02. The number of aryl methyl sites for hydroxylation is 1. The lowest BCUT2D eigenvalue weighted by molar-refractivity contribution is -0.140. The number of benzene rings is 3. The first-order valence-electron chi connectivity index (χ1n) is 12.0. The lowest BCUT2D eigenvalue weighted by atomic mass is 10.1. The van der Waals surface area contributed by atoms with Gasteiger partial charge in [0.2, 0.25) is 11.8 Å². The van der Waals surface area contributed by atoms with E-state index in [2.05, 4.69) is 5.32 Å². The average molecular weight is 524 g/mol. The van der Waals surface area contributed by atoms with Gasteiger partial charge in [0, 0.05) is 13.6 Å². The van der Waals surface area contributed by atoms with Crippen LogP contribution in [0.2, 0.25) is 0 Å². The Bertz CT molecular complexity index is 1330. The van der Waals surface area contributed by atoms with Gasteiger partial charge in [0.25, 0.3) is 10.0 Å². The maximum absolute atomic E-state index is 13.9. The van der Waals surface area contributed by atoms with E-state index in [1.807, 2.05) is 19.1 Å². The predicted octanol–water partition coefficient (Wildman–Crippen LogP) is 3.75. The summed E-state index contributed by atoms with van der Waals surface area (Å²) in [5.74, 6) is -0.209. The Morgan fingerprint density at radius 3 is 2.27 bits per heavy atom. The monoisotopic (exact) mass is 523 g/mol. The summed E-state index contributed by atoms with van der Waals surface area (Å²) in [6.45, 7) is 3.24. The van der Waals surface area contributed by atoms with E-state index in [1.54, 1.807) is 68.6 Å². The Morgan fingerprint density at radius 2 is 1.65 bits per heavy atom. The van der Waals surface area contributed by atoms with Gasteiger partial charge in [-0.05, 0) is 54.8 Å². The van der Waals surface area contributed by atoms with Gasteiger partial charge >= 0.3 is 0 Å². The molecule has 0 aliphatic heterocycles. The minimum Gasteiger partial charge on any atom is -0.497 e. The second-order valence-corrected chi connectivity index (χ2v) is 10.4. The number of nitrogens with zero attached hydrogens (tertiary/aromatic N) is 2. The Morgan fingerprint density at radius 1 is 0.973 bits per heavy atom. The zero-order chi connectivity index (χ0) is 27.0. The van der Waals surface area contributed by atoms with E-state index in [4.69, 9.17) is 4.74 Å². The lowest BCUT2D eigenvalue weighted by Gasteiger charge is -2.33. The number of rotatable bonds is 11. The highest BCUT2D eigenvalue weighted by molar-refractivity contribution is 7.92. The third kappa shape index (κ3) is 6.48. The van der Waals surface area contributed by atoms with Crippen LogP contribution in [0.4, 0.5) is 5.69 Å². The van der Waals surface area contributed by atoms with Crippen molar-refractivity contribution < 1.29 is 22.7 Å². The fraction of sp³-hybridized carbons (Fsp3) is 0.286. The summed E-state index contributed by atoms with van der Waals surface area (Å²) in [6, 6.07) is 21.4. The second-order valence-electron chi connectivity index (χ2n) is 8.52. The summed E-state index contributed by atoms with van der Waals surface area (Å²) in [4.78, 5) is 28.2. The summed E-state index contributed by atoms with van der Waals surface area (Å²) in [5, 5.41) is 2.62. The molecule has 9 heteroatoms. The molecule has 0 saturated carbocycles. The molecule has 0 radical (unpaired) electrons. The molecule has 0 aliphatic carbocycles. The summed E-state index contributed by atoms with van der Waals surface area (Å²) in [6.07, 6.45) is 0.352. The Hall–Kier alpha value is -3.85. The minimum absolute atomic E-state index is 0.0729. The fourth-order valence-electron chi connectivity index (χ4n) is 4.13. The number of para-hydroxylation sites is 1. The Kier molecular flexibility index (Phi) is 9.30. The molecule has 0 aliphatic rings. The molecule has 0 heterocycles. The van der Waals surface area contributed by atoms with Crippen molar-refractivity contribution in [3.05, 3.63) is 90.0 Å². The van der Waals surface area contributed by atoms with Crippen molar-refractivity contribution in [2.45, 2.75) is 37.8 Å². The highest BCUT2D eigenvalue weighted by atomic mass is 32.2. The van der Waals surface area contributed by atoms with Crippen LogP contribution in [-0.4, -0.2) is 51.9 Å². The highest BCUT2D eigenvalue weighted by Crippen LogP contribution is 2.27. The van der Waals surface area contributed by atoms with Crippen LogP contribution in [0.25, 0.3) is 0 Å². The summed E-state index contributed by atoms with van der Waals surface area (Å²) < 4.78 is 34.0. The molecule has 2 amide bonds. The molecule has 3 aromatic rings. The second kappa shape index (κ2) is 12.4. The van der Waals surface area contributed by atoms with Crippen molar-refractivity contribution in [3.63, 3.8) is 0 Å². The highest BCUT2D eigenvalue weighted by Gasteiger charge is 2.33.